The number of aliphatic hydroxyl groups excluding tert-OH is 5. The molecule has 3 heterocycles. The molecule has 13 heteroatoms. The Morgan fingerprint density at radius 3 is 2.44 bits per heavy atom. The van der Waals surface area contributed by atoms with E-state index in [4.69, 9.17) is 23.7 Å². The highest BCUT2D eigenvalue weighted by Gasteiger charge is 2.53. The number of aromatic hydroxyl groups is 1. The summed E-state index contributed by atoms with van der Waals surface area (Å²) in [5, 5.41) is 71.4. The number of ketones is 1. The van der Waals surface area contributed by atoms with E-state index in [1.807, 2.05) is 6.07 Å². The van der Waals surface area contributed by atoms with Crippen molar-refractivity contribution in [2.24, 2.45) is 0 Å². The summed E-state index contributed by atoms with van der Waals surface area (Å²) in [6.45, 7) is -1.99. The Kier molecular flexibility index (Phi) is 7.79. The first kappa shape index (κ1) is 27.7. The number of aliphatic hydroxyl groups is 6. The average molecular weight is 551 g/mol. The van der Waals surface area contributed by atoms with Gasteiger partial charge < -0.3 is 59.4 Å². The fourth-order valence-electron chi connectivity index (χ4n) is 4.83. The summed E-state index contributed by atoms with van der Waals surface area (Å²) < 4.78 is 28.3. The van der Waals surface area contributed by atoms with Gasteiger partial charge in [0.2, 0.25) is 6.29 Å². The largest absolute Gasteiger partial charge is 0.507 e. The minimum atomic E-state index is -2.02. The second-order valence-corrected chi connectivity index (χ2v) is 9.77. The maximum atomic E-state index is 12.8. The van der Waals surface area contributed by atoms with Gasteiger partial charge in [-0.2, -0.15) is 0 Å². The normalized spacial score (nSPS) is 36.3. The van der Waals surface area contributed by atoms with Crippen molar-refractivity contribution in [1.29, 1.82) is 0 Å². The van der Waals surface area contributed by atoms with Crippen molar-refractivity contribution in [2.45, 2.75) is 61.2 Å². The van der Waals surface area contributed by atoms with Crippen LogP contribution in [0.4, 0.5) is 0 Å². The summed E-state index contributed by atoms with van der Waals surface area (Å²) in [5.41, 5.74) is -1.29. The lowest BCUT2D eigenvalue weighted by Crippen LogP contribution is -2.62. The molecular weight excluding hydrogens is 520 g/mol. The summed E-state index contributed by atoms with van der Waals surface area (Å²) in [6, 6.07) is 11.5. The molecule has 7 N–H and O–H groups in total. The van der Waals surface area contributed by atoms with Crippen LogP contribution in [-0.4, -0.2) is 110 Å². The van der Waals surface area contributed by atoms with Gasteiger partial charge in [-0.3, -0.25) is 4.79 Å². The number of hydrogen-bond acceptors (Lipinski definition) is 13. The number of carbonyl (C=O) groups excluding carboxylic acids is 1. The molecule has 9 atom stereocenters. The molecule has 0 spiro atoms. The van der Waals surface area contributed by atoms with Crippen molar-refractivity contribution in [3.8, 4) is 17.2 Å². The fraction of sp³-hybridized carbons (Fsp3) is 0.500. The number of hydrogen-bond donors (Lipinski definition) is 7. The van der Waals surface area contributed by atoms with Crippen LogP contribution in [-0.2, 0) is 14.2 Å². The maximum absolute atomic E-state index is 12.8. The zero-order valence-corrected chi connectivity index (χ0v) is 20.6. The van der Waals surface area contributed by atoms with Crippen LogP contribution in [0.2, 0.25) is 0 Å². The highest BCUT2D eigenvalue weighted by atomic mass is 16.8. The number of ether oxygens (including phenoxy) is 5. The van der Waals surface area contributed by atoms with Gasteiger partial charge in [0.25, 0.3) is 0 Å². The molecule has 0 aromatic heterocycles. The molecule has 39 heavy (non-hydrogen) atoms. The number of rotatable bonds is 7. The van der Waals surface area contributed by atoms with Crippen LogP contribution < -0.4 is 9.47 Å². The van der Waals surface area contributed by atoms with Gasteiger partial charge in [-0.25, -0.2) is 0 Å². The topological polar surface area (TPSA) is 205 Å². The Hall–Kier alpha value is -2.85. The number of phenolic OH excluding ortho intramolecular Hbond substituents is 1. The molecule has 2 aromatic rings. The van der Waals surface area contributed by atoms with Gasteiger partial charge in [-0.1, -0.05) is 30.3 Å². The predicted octanol–water partition coefficient (Wildman–Crippen LogP) is -1.26. The van der Waals surface area contributed by atoms with Gasteiger partial charge in [0.1, 0.15) is 58.9 Å². The monoisotopic (exact) mass is 550 g/mol. The van der Waals surface area contributed by atoms with Crippen LogP contribution in [0.5, 0.6) is 17.2 Å². The number of fused-ring (bicyclic) bond motifs is 1. The third-order valence-corrected chi connectivity index (χ3v) is 7.09. The van der Waals surface area contributed by atoms with E-state index in [9.17, 15) is 40.5 Å². The number of carbonyl (C=O) groups is 1. The molecule has 0 unspecified atom stereocenters. The zero-order valence-electron chi connectivity index (χ0n) is 20.6. The van der Waals surface area contributed by atoms with E-state index in [0.29, 0.717) is 0 Å². The Bertz CT molecular complexity index is 1180. The van der Waals surface area contributed by atoms with E-state index in [-0.39, 0.29) is 29.3 Å². The third kappa shape index (κ3) is 5.20. The van der Waals surface area contributed by atoms with E-state index in [1.165, 1.54) is 6.07 Å². The molecule has 3 aliphatic rings. The second kappa shape index (κ2) is 11.0. The van der Waals surface area contributed by atoms with Gasteiger partial charge in [0.15, 0.2) is 18.2 Å². The van der Waals surface area contributed by atoms with Crippen molar-refractivity contribution < 1.29 is 64.2 Å². The Morgan fingerprint density at radius 1 is 1.03 bits per heavy atom. The lowest BCUT2D eigenvalue weighted by molar-refractivity contribution is -0.318. The van der Waals surface area contributed by atoms with Gasteiger partial charge in [-0.05, 0) is 5.56 Å². The minimum absolute atomic E-state index is 0.0125. The SMILES string of the molecule is O=C1C[C@@H](c2ccccc2)Oc2cc(O[C@@H]3O[C@H](CO)[C@@H](O)[C@@H](O)[C@H]3O[C@@H]3OC[C@](O)(CO)[C@@H]3O)cc(O)c21. The molecule has 212 valence electrons. The van der Waals surface area contributed by atoms with Crippen LogP contribution in [0.15, 0.2) is 42.5 Å². The highest BCUT2D eigenvalue weighted by molar-refractivity contribution is 6.02. The first-order valence-electron chi connectivity index (χ1n) is 12.3. The summed E-state index contributed by atoms with van der Waals surface area (Å²) >= 11 is 0. The molecule has 0 radical (unpaired) electrons. The zero-order chi connectivity index (χ0) is 27.9. The van der Waals surface area contributed by atoms with Crippen molar-refractivity contribution in [3.05, 3.63) is 53.6 Å². The smallest absolute Gasteiger partial charge is 0.229 e. The van der Waals surface area contributed by atoms with Crippen molar-refractivity contribution >= 4 is 5.78 Å². The molecule has 2 fully saturated rings. The standard InChI is InChI=1S/C26H30O13/c27-9-18-20(31)21(32)22(39-25-23(33)26(34,10-28)11-35-25)24(38-18)36-13-6-14(29)19-15(30)8-16(37-17(19)7-13)12-4-2-1-3-5-12/h1-7,16,18,20-25,27-29,31-34H,8-11H2/t16-,18+,20+,21+,22+,23+,24+,25-,26+/m0/s1. The Labute approximate surface area is 222 Å². The van der Waals surface area contributed by atoms with E-state index < -0.39 is 80.4 Å². The van der Waals surface area contributed by atoms with Crippen LogP contribution in [0.1, 0.15) is 28.4 Å². The van der Waals surface area contributed by atoms with Crippen LogP contribution >= 0.6 is 0 Å². The van der Waals surface area contributed by atoms with E-state index in [0.717, 1.165) is 11.6 Å². The minimum Gasteiger partial charge on any atom is -0.507 e. The van der Waals surface area contributed by atoms with E-state index in [1.54, 1.807) is 24.3 Å². The molecule has 0 saturated carbocycles. The van der Waals surface area contributed by atoms with Gasteiger partial charge in [0, 0.05) is 12.1 Å². The van der Waals surface area contributed by atoms with Gasteiger partial charge in [-0.15, -0.1) is 0 Å². The molecule has 0 aliphatic carbocycles. The van der Waals surface area contributed by atoms with E-state index >= 15 is 0 Å². The van der Waals surface area contributed by atoms with Gasteiger partial charge in [0.05, 0.1) is 26.2 Å². The van der Waals surface area contributed by atoms with Crippen LogP contribution in [0.25, 0.3) is 0 Å². The summed E-state index contributed by atoms with van der Waals surface area (Å²) in [7, 11) is 0. The van der Waals surface area contributed by atoms with Crippen molar-refractivity contribution in [2.75, 3.05) is 19.8 Å². The molecule has 3 aliphatic heterocycles. The molecule has 2 aromatic carbocycles. The molecule has 2 saturated heterocycles. The van der Waals surface area contributed by atoms with Crippen molar-refractivity contribution in [3.63, 3.8) is 0 Å². The summed E-state index contributed by atoms with van der Waals surface area (Å²) in [6.07, 6.45) is -11.6. The molecule has 0 amide bonds. The first-order valence-corrected chi connectivity index (χ1v) is 12.3. The highest BCUT2D eigenvalue weighted by Crippen LogP contribution is 2.42. The maximum Gasteiger partial charge on any atom is 0.229 e. The van der Waals surface area contributed by atoms with E-state index in [2.05, 4.69) is 0 Å². The van der Waals surface area contributed by atoms with Crippen LogP contribution in [0.3, 0.4) is 0 Å². The third-order valence-electron chi connectivity index (χ3n) is 7.09. The summed E-state index contributed by atoms with van der Waals surface area (Å²) in [4.78, 5) is 12.8. The number of phenols is 1. The Balaban J connectivity index is 1.41. The lowest BCUT2D eigenvalue weighted by Gasteiger charge is -2.42. The Morgan fingerprint density at radius 2 is 1.77 bits per heavy atom. The number of Topliss-reactive ketones (excluding diaryl/α,β-unsaturated/α-hetero) is 1. The first-order chi connectivity index (χ1) is 18.6. The van der Waals surface area contributed by atoms with Crippen molar-refractivity contribution in [1.82, 2.24) is 0 Å². The second-order valence-electron chi connectivity index (χ2n) is 9.77. The number of benzene rings is 2. The average Bonchev–Trinajstić information content (AvgIpc) is 3.21. The predicted molar refractivity (Wildman–Crippen MR) is 128 cm³/mol. The molecule has 0 bridgehead atoms. The van der Waals surface area contributed by atoms with Crippen LogP contribution in [0, 0.1) is 0 Å². The quantitative estimate of drug-likeness (QED) is 0.215. The summed E-state index contributed by atoms with van der Waals surface area (Å²) in [5.74, 6) is -0.780. The van der Waals surface area contributed by atoms with Gasteiger partial charge >= 0.3 is 0 Å². The molecule has 13 nitrogen and oxygen atoms in total. The molecular formula is C26H30O13. The fourth-order valence-corrected chi connectivity index (χ4v) is 4.83. The lowest BCUT2D eigenvalue weighted by atomic mass is 9.95. The molecule has 5 rings (SSSR count).